The van der Waals surface area contributed by atoms with Crippen LogP contribution in [0.1, 0.15) is 11.1 Å². The van der Waals surface area contributed by atoms with Crippen molar-refractivity contribution < 1.29 is 17.9 Å². The number of nitrogens with two attached hydrogens (primary N) is 1. The molecule has 9 heteroatoms. The van der Waals surface area contributed by atoms with Gasteiger partial charge >= 0.3 is 6.18 Å². The second-order valence-corrected chi connectivity index (χ2v) is 4.78. The second kappa shape index (κ2) is 5.86. The van der Waals surface area contributed by atoms with E-state index >= 15 is 0 Å². The first-order valence-electron chi connectivity index (χ1n) is 5.64. The van der Waals surface area contributed by atoms with Gasteiger partial charge in [-0.15, -0.1) is 0 Å². The fourth-order valence-corrected chi connectivity index (χ4v) is 1.85. The van der Waals surface area contributed by atoms with Gasteiger partial charge in [0.1, 0.15) is 10.2 Å². The molecule has 5 nitrogen and oxygen atoms in total. The Kier molecular flexibility index (Phi) is 4.33. The topological polar surface area (TPSA) is 81.0 Å². The fourth-order valence-electron chi connectivity index (χ4n) is 1.56. The quantitative estimate of drug-likeness (QED) is 0.878. The summed E-state index contributed by atoms with van der Waals surface area (Å²) in [4.78, 5) is 17.3. The summed E-state index contributed by atoms with van der Waals surface area (Å²) in [6.07, 6.45) is -3.59. The van der Waals surface area contributed by atoms with Crippen molar-refractivity contribution in [3.63, 3.8) is 0 Å². The molecule has 0 saturated carbocycles. The molecule has 0 unspecified atom stereocenters. The minimum absolute atomic E-state index is 0.0314. The zero-order chi connectivity index (χ0) is 15.6. The predicted molar refractivity (Wildman–Crippen MR) is 72.0 cm³/mol. The lowest BCUT2D eigenvalue weighted by Crippen LogP contribution is -2.11. The molecule has 0 aliphatic carbocycles. The van der Waals surface area contributed by atoms with Crippen molar-refractivity contribution in [2.24, 2.45) is 5.73 Å². The second-order valence-electron chi connectivity index (χ2n) is 3.99. The van der Waals surface area contributed by atoms with Crippen LogP contribution in [0.25, 0.3) is 0 Å². The van der Waals surface area contributed by atoms with Crippen molar-refractivity contribution in [2.75, 3.05) is 0 Å². The highest BCUT2D eigenvalue weighted by Crippen LogP contribution is 2.39. The Hall–Kier alpha value is -1.87. The average Bonchev–Trinajstić information content (AvgIpc) is 2.43. The van der Waals surface area contributed by atoms with Crippen LogP contribution in [0.3, 0.4) is 0 Å². The number of hydrogen-bond acceptors (Lipinski definition) is 4. The van der Waals surface area contributed by atoms with Gasteiger partial charge in [0.15, 0.2) is 0 Å². The molecule has 0 spiro atoms. The van der Waals surface area contributed by atoms with Gasteiger partial charge in [0.05, 0.1) is 11.9 Å². The maximum absolute atomic E-state index is 13.0. The third-order valence-electron chi connectivity index (χ3n) is 2.56. The van der Waals surface area contributed by atoms with Crippen LogP contribution in [0.15, 0.2) is 33.8 Å². The summed E-state index contributed by atoms with van der Waals surface area (Å²) >= 11 is 2.91. The van der Waals surface area contributed by atoms with Crippen molar-refractivity contribution in [3.8, 4) is 11.6 Å². The van der Waals surface area contributed by atoms with Gasteiger partial charge in [0, 0.05) is 6.54 Å². The molecule has 1 aromatic heterocycles. The van der Waals surface area contributed by atoms with E-state index < -0.39 is 23.0 Å². The highest BCUT2D eigenvalue weighted by atomic mass is 79.9. The monoisotopic (exact) mass is 363 g/mol. The van der Waals surface area contributed by atoms with Crippen LogP contribution < -0.4 is 16.0 Å². The largest absolute Gasteiger partial charge is 0.437 e. The van der Waals surface area contributed by atoms with Crippen LogP contribution in [0.5, 0.6) is 11.6 Å². The van der Waals surface area contributed by atoms with E-state index in [1.807, 2.05) is 0 Å². The van der Waals surface area contributed by atoms with E-state index in [0.717, 1.165) is 18.5 Å². The standard InChI is InChI=1S/C12H9BrF3N3O2/c13-9-10(20)18-5-19-11(9)21-8-2-1-6(4-17)3-7(8)12(14,15)16/h1-3,5H,4,17H2,(H,18,19,20). The van der Waals surface area contributed by atoms with Crippen molar-refractivity contribution in [1.82, 2.24) is 9.97 Å². The number of H-pyrrole nitrogens is 1. The molecule has 21 heavy (non-hydrogen) atoms. The molecule has 0 saturated heterocycles. The molecule has 0 atom stereocenters. The fraction of sp³-hybridized carbons (Fsp3) is 0.167. The van der Waals surface area contributed by atoms with Crippen LogP contribution >= 0.6 is 15.9 Å². The maximum atomic E-state index is 13.0. The Balaban J connectivity index is 2.49. The van der Waals surface area contributed by atoms with Gasteiger partial charge in [-0.3, -0.25) is 4.79 Å². The molecule has 2 rings (SSSR count). The first kappa shape index (κ1) is 15.5. The molecule has 0 fully saturated rings. The molecule has 3 N–H and O–H groups in total. The Labute approximate surface area is 125 Å². The molecule has 0 bridgehead atoms. The van der Waals surface area contributed by atoms with Crippen molar-refractivity contribution in [3.05, 3.63) is 50.5 Å². The number of aromatic amines is 1. The number of nitrogens with one attached hydrogen (secondary N) is 1. The van der Waals surface area contributed by atoms with Crippen LogP contribution in [-0.2, 0) is 12.7 Å². The summed E-state index contributed by atoms with van der Waals surface area (Å²) in [6.45, 7) is -0.0314. The highest BCUT2D eigenvalue weighted by molar-refractivity contribution is 9.10. The van der Waals surface area contributed by atoms with Crippen LogP contribution in [0.4, 0.5) is 13.2 Å². The lowest BCUT2D eigenvalue weighted by atomic mass is 10.1. The Morgan fingerprint density at radius 1 is 1.38 bits per heavy atom. The number of benzene rings is 1. The molecule has 112 valence electrons. The normalized spacial score (nSPS) is 11.5. The molecule has 0 amide bonds. The number of nitrogens with zero attached hydrogens (tertiary/aromatic N) is 1. The summed E-state index contributed by atoms with van der Waals surface area (Å²) in [6, 6.07) is 3.45. The first-order valence-corrected chi connectivity index (χ1v) is 6.43. The molecule has 1 aromatic carbocycles. The van der Waals surface area contributed by atoms with E-state index in [9.17, 15) is 18.0 Å². The Morgan fingerprint density at radius 3 is 2.71 bits per heavy atom. The van der Waals surface area contributed by atoms with Gasteiger partial charge in [-0.05, 0) is 33.6 Å². The Bertz CT molecular complexity index is 716. The van der Waals surface area contributed by atoms with Crippen LogP contribution in [0.2, 0.25) is 0 Å². The third-order valence-corrected chi connectivity index (χ3v) is 3.26. The summed E-state index contributed by atoms with van der Waals surface area (Å²) in [5.41, 5.74) is 4.10. The predicted octanol–water partition coefficient (Wildman–Crippen LogP) is 2.80. The van der Waals surface area contributed by atoms with Gasteiger partial charge in [0.2, 0.25) is 5.88 Å². The molecule has 1 heterocycles. The summed E-state index contributed by atoms with van der Waals surface area (Å²) in [5, 5.41) is 0. The van der Waals surface area contributed by atoms with Gasteiger partial charge in [-0.2, -0.15) is 13.2 Å². The minimum atomic E-state index is -4.62. The third kappa shape index (κ3) is 3.42. The first-order chi connectivity index (χ1) is 9.82. The number of rotatable bonds is 3. The zero-order valence-electron chi connectivity index (χ0n) is 10.4. The van der Waals surface area contributed by atoms with Gasteiger partial charge < -0.3 is 15.5 Å². The van der Waals surface area contributed by atoms with E-state index in [2.05, 4.69) is 25.9 Å². The van der Waals surface area contributed by atoms with Gasteiger partial charge in [-0.1, -0.05) is 6.07 Å². The van der Waals surface area contributed by atoms with Gasteiger partial charge in [0.25, 0.3) is 5.56 Å². The van der Waals surface area contributed by atoms with Gasteiger partial charge in [-0.25, -0.2) is 4.98 Å². The van der Waals surface area contributed by atoms with E-state index in [0.29, 0.717) is 5.56 Å². The van der Waals surface area contributed by atoms with Crippen LogP contribution in [0, 0.1) is 0 Å². The van der Waals surface area contributed by atoms with E-state index in [1.165, 1.54) is 6.07 Å². The lowest BCUT2D eigenvalue weighted by Gasteiger charge is -2.14. The summed E-state index contributed by atoms with van der Waals surface area (Å²) < 4.78 is 44.1. The van der Waals surface area contributed by atoms with Crippen molar-refractivity contribution in [2.45, 2.75) is 12.7 Å². The highest BCUT2D eigenvalue weighted by Gasteiger charge is 2.35. The molecule has 2 aromatic rings. The van der Waals surface area contributed by atoms with Crippen molar-refractivity contribution in [1.29, 1.82) is 0 Å². The number of aromatic nitrogens is 2. The maximum Gasteiger partial charge on any atom is 0.419 e. The number of halogens is 4. The number of ether oxygens (including phenoxy) is 1. The number of hydrogen-bond donors (Lipinski definition) is 2. The zero-order valence-corrected chi connectivity index (χ0v) is 12.0. The smallest absolute Gasteiger partial charge is 0.419 e. The Morgan fingerprint density at radius 2 is 2.10 bits per heavy atom. The molecule has 0 aliphatic rings. The van der Waals surface area contributed by atoms with Crippen molar-refractivity contribution >= 4 is 15.9 Å². The number of alkyl halides is 3. The lowest BCUT2D eigenvalue weighted by molar-refractivity contribution is -0.138. The molecular weight excluding hydrogens is 355 g/mol. The SMILES string of the molecule is NCc1ccc(Oc2nc[nH]c(=O)c2Br)c(C(F)(F)F)c1. The van der Waals surface area contributed by atoms with E-state index in [4.69, 9.17) is 10.5 Å². The molecule has 0 radical (unpaired) electrons. The minimum Gasteiger partial charge on any atom is -0.437 e. The molecular formula is C12H9BrF3N3O2. The summed E-state index contributed by atoms with van der Waals surface area (Å²) in [5.74, 6) is -0.719. The summed E-state index contributed by atoms with van der Waals surface area (Å²) in [7, 11) is 0. The van der Waals surface area contributed by atoms with E-state index in [1.54, 1.807) is 0 Å². The molecule has 0 aliphatic heterocycles. The van der Waals surface area contributed by atoms with Crippen LogP contribution in [-0.4, -0.2) is 9.97 Å². The average molecular weight is 364 g/mol. The van der Waals surface area contributed by atoms with E-state index in [-0.39, 0.29) is 16.9 Å².